The van der Waals surface area contributed by atoms with Crippen molar-refractivity contribution in [2.75, 3.05) is 18.4 Å². The minimum absolute atomic E-state index is 0.0640. The molecule has 0 fully saturated rings. The predicted octanol–water partition coefficient (Wildman–Crippen LogP) is 2.05. The largest absolute Gasteiger partial charge is 0.353 e. The number of quaternary nitrogens is 1. The Labute approximate surface area is 156 Å². The zero-order chi connectivity index (χ0) is 17.8. The lowest BCUT2D eigenvalue weighted by Gasteiger charge is -2.27. The topological polar surface area (TPSA) is 50.5 Å². The first-order chi connectivity index (χ1) is 12.7. The molecule has 1 amide bonds. The van der Waals surface area contributed by atoms with Crippen LogP contribution in [0.5, 0.6) is 0 Å². The molecule has 4 heterocycles. The van der Waals surface area contributed by atoms with E-state index in [4.69, 9.17) is 0 Å². The Morgan fingerprint density at radius 3 is 3.00 bits per heavy atom. The number of amides is 1. The molecule has 0 radical (unpaired) electrons. The van der Waals surface area contributed by atoms with Crippen molar-refractivity contribution < 1.29 is 9.69 Å². The molecule has 3 N–H and O–H groups in total. The van der Waals surface area contributed by atoms with Gasteiger partial charge in [-0.1, -0.05) is 18.2 Å². The van der Waals surface area contributed by atoms with Gasteiger partial charge in [0.15, 0.2) is 0 Å². The Morgan fingerprint density at radius 1 is 1.31 bits per heavy atom. The van der Waals surface area contributed by atoms with E-state index in [0.29, 0.717) is 0 Å². The van der Waals surface area contributed by atoms with Crippen LogP contribution in [0.4, 0.5) is 5.00 Å². The number of anilines is 1. The zero-order valence-corrected chi connectivity index (χ0v) is 15.9. The van der Waals surface area contributed by atoms with Crippen LogP contribution in [-0.2, 0) is 20.0 Å². The number of hydrogen-bond acceptors (Lipinski definition) is 3. The molecular weight excluding hydrogens is 344 g/mol. The number of nitrogens with zero attached hydrogens (tertiary/aromatic N) is 1. The van der Waals surface area contributed by atoms with Gasteiger partial charge in [-0.15, -0.1) is 11.3 Å². The lowest BCUT2D eigenvalue weighted by atomic mass is 10.0. The third-order valence-corrected chi connectivity index (χ3v) is 6.91. The third kappa shape index (κ3) is 2.29. The molecule has 0 saturated heterocycles. The van der Waals surface area contributed by atoms with Crippen molar-refractivity contribution in [1.82, 2.24) is 9.88 Å². The van der Waals surface area contributed by atoms with Crippen LogP contribution < -0.4 is 15.5 Å². The number of thiophene rings is 1. The van der Waals surface area contributed by atoms with Crippen LogP contribution in [0, 0.1) is 0 Å². The molecule has 2 aromatic heterocycles. The van der Waals surface area contributed by atoms with Crippen molar-refractivity contribution in [3.05, 3.63) is 52.0 Å². The first-order valence-electron chi connectivity index (χ1n) is 9.25. The summed E-state index contributed by atoms with van der Waals surface area (Å²) in [4.78, 5) is 15.9. The van der Waals surface area contributed by atoms with Crippen LogP contribution in [0.15, 0.2) is 30.5 Å². The fourth-order valence-corrected chi connectivity index (χ4v) is 5.65. The number of fused-ring (bicyclic) bond motifs is 4. The number of carbonyl (C=O) groups excluding carboxylic acids is 1. The van der Waals surface area contributed by atoms with Crippen LogP contribution in [-0.4, -0.2) is 23.6 Å². The number of para-hydroxylation sites is 1. The van der Waals surface area contributed by atoms with Crippen molar-refractivity contribution in [1.29, 1.82) is 0 Å². The zero-order valence-electron chi connectivity index (χ0n) is 15.1. The predicted molar refractivity (Wildman–Crippen MR) is 105 cm³/mol. The van der Waals surface area contributed by atoms with E-state index in [-0.39, 0.29) is 12.1 Å². The molecular formula is C20H23N4OS+. The van der Waals surface area contributed by atoms with Gasteiger partial charge in [-0.25, -0.2) is 0 Å². The molecule has 5 rings (SSSR count). The molecule has 2 atom stereocenters. The lowest BCUT2D eigenvalue weighted by Crippen LogP contribution is -3.11. The quantitative estimate of drug-likeness (QED) is 0.649. The number of hydrogen-bond donors (Lipinski definition) is 3. The highest BCUT2D eigenvalue weighted by Crippen LogP contribution is 2.40. The molecule has 6 heteroatoms. The second kappa shape index (κ2) is 5.86. The van der Waals surface area contributed by atoms with Gasteiger partial charge in [-0.2, -0.15) is 0 Å². The number of likely N-dealkylation sites (N-methyl/N-ethyl adjacent to an activating group) is 1. The van der Waals surface area contributed by atoms with Gasteiger partial charge < -0.3 is 20.1 Å². The molecule has 0 spiro atoms. The minimum atomic E-state index is -0.184. The number of aromatic nitrogens is 1. The fraction of sp³-hybridized carbons (Fsp3) is 0.350. The van der Waals surface area contributed by atoms with Crippen LogP contribution in [0.25, 0.3) is 10.9 Å². The maximum Gasteiger partial charge on any atom is 0.256 e. The minimum Gasteiger partial charge on any atom is -0.353 e. The number of carbonyl (C=O) groups is 1. The van der Waals surface area contributed by atoms with Crippen molar-refractivity contribution in [3.63, 3.8) is 0 Å². The van der Waals surface area contributed by atoms with Gasteiger partial charge in [0.05, 0.1) is 23.5 Å². The molecule has 2 aliphatic heterocycles. The normalized spacial score (nSPS) is 21.8. The average molecular weight is 367 g/mol. The molecule has 1 aromatic carbocycles. The first kappa shape index (κ1) is 15.9. The summed E-state index contributed by atoms with van der Waals surface area (Å²) in [6.07, 6.45) is 2.93. The van der Waals surface area contributed by atoms with Gasteiger partial charge >= 0.3 is 0 Å². The molecule has 134 valence electrons. The summed E-state index contributed by atoms with van der Waals surface area (Å²) in [5.74, 6) is 0.0640. The Hall–Kier alpha value is -2.31. The summed E-state index contributed by atoms with van der Waals surface area (Å²) in [6, 6.07) is 8.33. The Morgan fingerprint density at radius 2 is 2.15 bits per heavy atom. The lowest BCUT2D eigenvalue weighted by molar-refractivity contribution is -0.913. The second-order valence-corrected chi connectivity index (χ2v) is 8.36. The average Bonchev–Trinajstić information content (AvgIpc) is 3.19. The van der Waals surface area contributed by atoms with E-state index in [1.165, 1.54) is 21.3 Å². The van der Waals surface area contributed by atoms with Gasteiger partial charge in [0.2, 0.25) is 0 Å². The summed E-state index contributed by atoms with van der Waals surface area (Å²) in [5, 5.41) is 9.01. The number of rotatable bonds is 2. The standard InChI is InChI=1S/C20H22N4OS/c1-3-24-9-8-13-16(11-24)26-20-17(13)19(25)21-18(22-20)14-10-23(2)15-7-5-4-6-12(14)15/h4-7,10,18,22H,3,8-9,11H2,1-2H3,(H,21,25)/p+1/t18-/m0/s1. The SMILES string of the molecule is CC[NH+]1CCc2c(sc3c2C(=O)N[C@H](c2cn(C)c4ccccc24)N3)C1. The van der Waals surface area contributed by atoms with Gasteiger partial charge in [0.1, 0.15) is 17.7 Å². The van der Waals surface area contributed by atoms with Crippen LogP contribution in [0.2, 0.25) is 0 Å². The molecule has 26 heavy (non-hydrogen) atoms. The highest BCUT2D eigenvalue weighted by atomic mass is 32.1. The number of benzene rings is 1. The number of aryl methyl sites for hydroxylation is 1. The maximum absolute atomic E-state index is 12.9. The van der Waals surface area contributed by atoms with E-state index in [0.717, 1.165) is 42.2 Å². The van der Waals surface area contributed by atoms with E-state index >= 15 is 0 Å². The van der Waals surface area contributed by atoms with E-state index in [1.807, 2.05) is 19.2 Å². The van der Waals surface area contributed by atoms with Gasteiger partial charge in [0, 0.05) is 36.1 Å². The Balaban J connectivity index is 1.55. The molecule has 1 unspecified atom stereocenters. The third-order valence-electron chi connectivity index (χ3n) is 5.75. The molecule has 0 bridgehead atoms. The summed E-state index contributed by atoms with van der Waals surface area (Å²) in [6.45, 7) is 5.53. The van der Waals surface area contributed by atoms with E-state index in [2.05, 4.69) is 40.5 Å². The Kier molecular flexibility index (Phi) is 3.58. The molecule has 2 aliphatic rings. The maximum atomic E-state index is 12.9. The van der Waals surface area contributed by atoms with E-state index in [9.17, 15) is 4.79 Å². The molecule has 3 aromatic rings. The summed E-state index contributed by atoms with van der Waals surface area (Å²) >= 11 is 1.77. The fourth-order valence-electron chi connectivity index (χ4n) is 4.31. The monoisotopic (exact) mass is 367 g/mol. The molecule has 0 aliphatic carbocycles. The van der Waals surface area contributed by atoms with Crippen molar-refractivity contribution in [2.45, 2.75) is 26.1 Å². The molecule has 5 nitrogen and oxygen atoms in total. The molecule has 0 saturated carbocycles. The first-order valence-corrected chi connectivity index (χ1v) is 10.1. The summed E-state index contributed by atoms with van der Waals surface area (Å²) in [5.41, 5.74) is 4.45. The van der Waals surface area contributed by atoms with E-state index < -0.39 is 0 Å². The van der Waals surface area contributed by atoms with Gasteiger partial charge in [-0.05, 0) is 18.6 Å². The Bertz CT molecular complexity index is 1020. The second-order valence-electron chi connectivity index (χ2n) is 7.25. The summed E-state index contributed by atoms with van der Waals surface area (Å²) < 4.78 is 2.12. The smallest absolute Gasteiger partial charge is 0.256 e. The van der Waals surface area contributed by atoms with E-state index in [1.54, 1.807) is 16.2 Å². The van der Waals surface area contributed by atoms with Gasteiger partial charge in [-0.3, -0.25) is 4.79 Å². The van der Waals surface area contributed by atoms with Crippen molar-refractivity contribution in [3.8, 4) is 0 Å². The highest BCUT2D eigenvalue weighted by Gasteiger charge is 2.34. The van der Waals surface area contributed by atoms with Crippen LogP contribution >= 0.6 is 11.3 Å². The van der Waals surface area contributed by atoms with Crippen molar-refractivity contribution >= 4 is 33.1 Å². The number of nitrogens with one attached hydrogen (secondary N) is 3. The van der Waals surface area contributed by atoms with Crippen molar-refractivity contribution in [2.24, 2.45) is 7.05 Å². The van der Waals surface area contributed by atoms with Gasteiger partial charge in [0.25, 0.3) is 5.91 Å². The van der Waals surface area contributed by atoms with Crippen LogP contribution in [0.3, 0.4) is 0 Å². The highest BCUT2D eigenvalue weighted by molar-refractivity contribution is 7.16. The summed E-state index contributed by atoms with van der Waals surface area (Å²) in [7, 11) is 2.05. The van der Waals surface area contributed by atoms with Crippen LogP contribution in [0.1, 0.15) is 39.5 Å².